The van der Waals surface area contributed by atoms with Crippen molar-refractivity contribution in [2.75, 3.05) is 13.2 Å². The third kappa shape index (κ3) is 3.58. The molecule has 1 fully saturated rings. The minimum atomic E-state index is -2.20. The minimum Gasteiger partial charge on any atom is -0.480 e. The van der Waals surface area contributed by atoms with E-state index in [0.717, 1.165) is 16.5 Å². The Balaban J connectivity index is 1.70. The van der Waals surface area contributed by atoms with Crippen molar-refractivity contribution in [3.8, 4) is 0 Å². The van der Waals surface area contributed by atoms with Gasteiger partial charge in [0.15, 0.2) is 0 Å². The highest BCUT2D eigenvalue weighted by Crippen LogP contribution is 2.24. The van der Waals surface area contributed by atoms with Crippen LogP contribution in [-0.4, -0.2) is 79.8 Å². The lowest BCUT2D eigenvalue weighted by molar-refractivity contribution is -0.318. The number of aliphatic carboxylic acids is 1. The van der Waals surface area contributed by atoms with Gasteiger partial charge in [-0.2, -0.15) is 0 Å². The van der Waals surface area contributed by atoms with Gasteiger partial charge in [0.05, 0.1) is 13.2 Å². The maximum atomic E-state index is 11.6. The molecule has 0 amide bonds. The number of fused-ring (bicyclic) bond motifs is 1. The van der Waals surface area contributed by atoms with Gasteiger partial charge >= 0.3 is 5.97 Å². The van der Waals surface area contributed by atoms with Gasteiger partial charge in [-0.15, -0.1) is 0 Å². The Morgan fingerprint density at radius 3 is 2.81 bits per heavy atom. The fourth-order valence-electron chi connectivity index (χ4n) is 3.08. The molecule has 0 aliphatic carbocycles. The second-order valence-electron chi connectivity index (χ2n) is 6.49. The molecule has 2 heterocycles. The lowest BCUT2D eigenvalue weighted by Gasteiger charge is -2.42. The van der Waals surface area contributed by atoms with E-state index < -0.39 is 42.7 Å². The highest BCUT2D eigenvalue weighted by atomic mass is 16.6. The third-order valence-electron chi connectivity index (χ3n) is 4.68. The van der Waals surface area contributed by atoms with E-state index in [1.807, 2.05) is 24.3 Å². The summed E-state index contributed by atoms with van der Waals surface area (Å²) in [6, 6.07) is 6.41. The molecule has 1 aromatic carbocycles. The Morgan fingerprint density at radius 2 is 2.08 bits per heavy atom. The van der Waals surface area contributed by atoms with Crippen LogP contribution in [0, 0.1) is 0 Å². The molecule has 1 saturated heterocycles. The van der Waals surface area contributed by atoms with E-state index in [-0.39, 0.29) is 13.0 Å². The maximum Gasteiger partial charge on any atom is 0.321 e. The first kappa shape index (κ1) is 18.8. The molecular formula is C17H22N2O7. The largest absolute Gasteiger partial charge is 0.480 e. The Morgan fingerprint density at radius 1 is 1.35 bits per heavy atom. The molecule has 0 bridgehead atoms. The van der Waals surface area contributed by atoms with Crippen LogP contribution in [0.4, 0.5) is 0 Å². The van der Waals surface area contributed by atoms with E-state index in [1.165, 1.54) is 0 Å². The number of aromatic nitrogens is 1. The van der Waals surface area contributed by atoms with Gasteiger partial charge in [-0.1, -0.05) is 18.2 Å². The number of carboxylic acid groups (broad SMARTS) is 1. The standard InChI is InChI=1S/C17H22N2O7/c20-13-7-26-17(25,15(22)14(13)21)8-19-12(16(23)24)5-9-6-18-11-4-2-1-3-10(9)11/h1-4,6,12-15,18-22,25H,5,7-8H2,(H,23,24)/t12-,13-,14-,15+,17-/m1/s1. The summed E-state index contributed by atoms with van der Waals surface area (Å²) in [4.78, 5) is 14.7. The van der Waals surface area contributed by atoms with Crippen LogP contribution in [-0.2, 0) is 16.0 Å². The molecule has 1 aliphatic heterocycles. The summed E-state index contributed by atoms with van der Waals surface area (Å²) >= 11 is 0. The van der Waals surface area contributed by atoms with Gasteiger partial charge in [-0.3, -0.25) is 10.1 Å². The highest BCUT2D eigenvalue weighted by molar-refractivity contribution is 5.84. The van der Waals surface area contributed by atoms with Gasteiger partial charge in [0.1, 0.15) is 24.4 Å². The molecule has 1 aliphatic rings. The molecule has 2 aromatic rings. The normalized spacial score (nSPS) is 30.4. The van der Waals surface area contributed by atoms with E-state index in [0.29, 0.717) is 0 Å². The van der Waals surface area contributed by atoms with Gasteiger partial charge in [-0.05, 0) is 11.6 Å². The predicted octanol–water partition coefficient (Wildman–Crippen LogP) is -1.45. The molecule has 9 heteroatoms. The summed E-state index contributed by atoms with van der Waals surface area (Å²) in [7, 11) is 0. The Bertz CT molecular complexity index is 779. The van der Waals surface area contributed by atoms with Crippen molar-refractivity contribution >= 4 is 16.9 Å². The quantitative estimate of drug-likeness (QED) is 0.328. The summed E-state index contributed by atoms with van der Waals surface area (Å²) in [6.45, 7) is -0.812. The Hall–Kier alpha value is -2.01. The predicted molar refractivity (Wildman–Crippen MR) is 90.4 cm³/mol. The number of H-pyrrole nitrogens is 1. The summed E-state index contributed by atoms with van der Waals surface area (Å²) < 4.78 is 5.03. The zero-order valence-electron chi connectivity index (χ0n) is 13.9. The number of rotatable bonds is 6. The van der Waals surface area contributed by atoms with Crippen molar-refractivity contribution in [3.63, 3.8) is 0 Å². The number of ether oxygens (including phenoxy) is 1. The number of carbonyl (C=O) groups is 1. The van der Waals surface area contributed by atoms with E-state index in [1.54, 1.807) is 6.20 Å². The van der Waals surface area contributed by atoms with Crippen LogP contribution < -0.4 is 5.32 Å². The first-order valence-electron chi connectivity index (χ1n) is 8.23. The van der Waals surface area contributed by atoms with Crippen LogP contribution in [0.1, 0.15) is 5.56 Å². The number of aliphatic hydroxyl groups is 4. The number of aliphatic hydroxyl groups excluding tert-OH is 3. The van der Waals surface area contributed by atoms with Crippen LogP contribution in [0.5, 0.6) is 0 Å². The van der Waals surface area contributed by atoms with Gasteiger partial charge in [0, 0.05) is 23.5 Å². The monoisotopic (exact) mass is 366 g/mol. The van der Waals surface area contributed by atoms with Gasteiger partial charge < -0.3 is 35.3 Å². The van der Waals surface area contributed by atoms with Crippen molar-refractivity contribution in [3.05, 3.63) is 36.0 Å². The number of hydrogen-bond acceptors (Lipinski definition) is 7. The molecule has 0 unspecified atom stereocenters. The third-order valence-corrected chi connectivity index (χ3v) is 4.68. The summed E-state index contributed by atoms with van der Waals surface area (Å²) in [5.41, 5.74) is 1.67. The van der Waals surface area contributed by atoms with Crippen LogP contribution in [0.2, 0.25) is 0 Å². The number of para-hydroxylation sites is 1. The second-order valence-corrected chi connectivity index (χ2v) is 6.49. The number of carboxylic acids is 1. The molecule has 0 spiro atoms. The van der Waals surface area contributed by atoms with Crippen molar-refractivity contribution < 1.29 is 35.1 Å². The van der Waals surface area contributed by atoms with Crippen molar-refractivity contribution in [2.45, 2.75) is 36.6 Å². The molecule has 1 aromatic heterocycles. The molecule has 5 atom stereocenters. The lowest BCUT2D eigenvalue weighted by atomic mass is 9.96. The molecule has 3 rings (SSSR count). The van der Waals surface area contributed by atoms with E-state index in [2.05, 4.69) is 10.3 Å². The summed E-state index contributed by atoms with van der Waals surface area (Å²) in [5.74, 6) is -3.34. The van der Waals surface area contributed by atoms with E-state index in [4.69, 9.17) is 4.74 Å². The fourth-order valence-corrected chi connectivity index (χ4v) is 3.08. The number of benzene rings is 1. The number of hydrogen-bond donors (Lipinski definition) is 7. The zero-order valence-corrected chi connectivity index (χ0v) is 13.9. The van der Waals surface area contributed by atoms with Crippen LogP contribution in [0.15, 0.2) is 30.5 Å². The van der Waals surface area contributed by atoms with E-state index >= 15 is 0 Å². The van der Waals surface area contributed by atoms with Gasteiger partial charge in [0.2, 0.25) is 5.79 Å². The molecule has 26 heavy (non-hydrogen) atoms. The second kappa shape index (κ2) is 7.31. The molecule has 7 N–H and O–H groups in total. The molecule has 0 radical (unpaired) electrons. The average molecular weight is 366 g/mol. The summed E-state index contributed by atoms with van der Waals surface area (Å²) in [6.07, 6.45) is -2.83. The van der Waals surface area contributed by atoms with Crippen LogP contribution in [0.3, 0.4) is 0 Å². The summed E-state index contributed by atoms with van der Waals surface area (Å²) in [5, 5.41) is 52.5. The molecular weight excluding hydrogens is 344 g/mol. The molecule has 0 saturated carbocycles. The van der Waals surface area contributed by atoms with Crippen molar-refractivity contribution in [1.29, 1.82) is 0 Å². The first-order chi connectivity index (χ1) is 12.3. The van der Waals surface area contributed by atoms with Crippen molar-refractivity contribution in [1.82, 2.24) is 10.3 Å². The SMILES string of the molecule is O=C(O)[C@@H](Cc1c[nH]c2ccccc12)NC[C@@]1(O)OC[C@@H](O)[C@@H](O)[C@@H]1O. The first-order valence-corrected chi connectivity index (χ1v) is 8.23. The lowest BCUT2D eigenvalue weighted by Crippen LogP contribution is -2.65. The molecule has 142 valence electrons. The van der Waals surface area contributed by atoms with E-state index in [9.17, 15) is 30.3 Å². The molecule has 9 nitrogen and oxygen atoms in total. The Kier molecular flexibility index (Phi) is 5.28. The van der Waals surface area contributed by atoms with Gasteiger partial charge in [0.25, 0.3) is 0 Å². The average Bonchev–Trinajstić information content (AvgIpc) is 3.03. The fraction of sp³-hybridized carbons (Fsp3) is 0.471. The zero-order chi connectivity index (χ0) is 18.9. The maximum absolute atomic E-state index is 11.6. The Labute approximate surface area is 148 Å². The smallest absolute Gasteiger partial charge is 0.321 e. The van der Waals surface area contributed by atoms with Crippen molar-refractivity contribution in [2.24, 2.45) is 0 Å². The van der Waals surface area contributed by atoms with Crippen LogP contribution >= 0.6 is 0 Å². The minimum absolute atomic E-state index is 0.136. The topological polar surface area (TPSA) is 155 Å². The van der Waals surface area contributed by atoms with Crippen LogP contribution in [0.25, 0.3) is 10.9 Å². The highest BCUT2D eigenvalue weighted by Gasteiger charge is 2.48. The number of nitrogens with one attached hydrogen (secondary N) is 2. The van der Waals surface area contributed by atoms with Gasteiger partial charge in [-0.25, -0.2) is 0 Å². The number of aromatic amines is 1.